The van der Waals surface area contributed by atoms with Crippen LogP contribution in [0.1, 0.15) is 55.3 Å². The van der Waals surface area contributed by atoms with E-state index in [0.717, 1.165) is 6.42 Å². The Labute approximate surface area is 132 Å². The molecule has 0 aliphatic heterocycles. The zero-order valence-electron chi connectivity index (χ0n) is 13.5. The quantitative estimate of drug-likeness (QED) is 0.807. The Kier molecular flexibility index (Phi) is 6.68. The molecule has 0 bridgehead atoms. The molecular formula is C17H29NO2S. The molecule has 21 heavy (non-hydrogen) atoms. The summed E-state index contributed by atoms with van der Waals surface area (Å²) in [5.41, 5.74) is 0. The highest BCUT2D eigenvalue weighted by Gasteiger charge is 2.22. The van der Waals surface area contributed by atoms with E-state index in [2.05, 4.69) is 38.2 Å². The molecule has 1 aliphatic rings. The molecule has 2 rings (SSSR count). The van der Waals surface area contributed by atoms with Crippen molar-refractivity contribution in [3.8, 4) is 0 Å². The maximum Gasteiger partial charge on any atom is 0.0898 e. The summed E-state index contributed by atoms with van der Waals surface area (Å²) < 4.78 is 5.91. The van der Waals surface area contributed by atoms with Crippen molar-refractivity contribution in [3.63, 3.8) is 0 Å². The minimum absolute atomic E-state index is 0.284. The first-order chi connectivity index (χ1) is 10.1. The lowest BCUT2D eigenvalue weighted by Gasteiger charge is -2.29. The van der Waals surface area contributed by atoms with Crippen LogP contribution in [-0.4, -0.2) is 30.5 Å². The van der Waals surface area contributed by atoms with Crippen LogP contribution in [0.25, 0.3) is 0 Å². The van der Waals surface area contributed by atoms with Gasteiger partial charge in [-0.05, 0) is 44.7 Å². The predicted molar refractivity (Wildman–Crippen MR) is 88.9 cm³/mol. The minimum atomic E-state index is -0.428. The van der Waals surface area contributed by atoms with Crippen LogP contribution >= 0.6 is 11.3 Å². The van der Waals surface area contributed by atoms with Crippen LogP contribution in [0.15, 0.2) is 12.1 Å². The van der Waals surface area contributed by atoms with Gasteiger partial charge in [0.2, 0.25) is 0 Å². The molecule has 1 fully saturated rings. The molecule has 3 nitrogen and oxygen atoms in total. The van der Waals surface area contributed by atoms with Crippen LogP contribution < -0.4 is 5.32 Å². The summed E-state index contributed by atoms with van der Waals surface area (Å²) in [6.45, 7) is 7.55. The summed E-state index contributed by atoms with van der Waals surface area (Å²) in [7, 11) is 0. The van der Waals surface area contributed by atoms with E-state index in [9.17, 15) is 5.11 Å². The normalized spacial score (nSPS) is 25.7. The molecule has 1 saturated carbocycles. The summed E-state index contributed by atoms with van der Waals surface area (Å²) in [4.78, 5) is 2.65. The molecule has 4 atom stereocenters. The first-order valence-electron chi connectivity index (χ1n) is 8.15. The number of thiophene rings is 1. The SMILES string of the molecule is Cc1ccc(C(C)NCC(O)COC2CCCCC2C)s1. The molecule has 4 unspecified atom stereocenters. The highest BCUT2D eigenvalue weighted by molar-refractivity contribution is 7.12. The Bertz CT molecular complexity index is 421. The van der Waals surface area contributed by atoms with Gasteiger partial charge < -0.3 is 15.2 Å². The predicted octanol–water partition coefficient (Wildman–Crippen LogP) is 3.66. The van der Waals surface area contributed by atoms with Gasteiger partial charge in [0.05, 0.1) is 18.8 Å². The van der Waals surface area contributed by atoms with E-state index in [-0.39, 0.29) is 6.04 Å². The monoisotopic (exact) mass is 311 g/mol. The van der Waals surface area contributed by atoms with Gasteiger partial charge in [-0.1, -0.05) is 19.8 Å². The largest absolute Gasteiger partial charge is 0.389 e. The molecule has 1 aliphatic carbocycles. The van der Waals surface area contributed by atoms with E-state index in [4.69, 9.17) is 4.74 Å². The van der Waals surface area contributed by atoms with E-state index in [0.29, 0.717) is 25.2 Å². The van der Waals surface area contributed by atoms with Crippen molar-refractivity contribution in [2.75, 3.05) is 13.2 Å². The maximum absolute atomic E-state index is 10.1. The number of rotatable bonds is 7. The van der Waals surface area contributed by atoms with Gasteiger partial charge in [0.15, 0.2) is 0 Å². The average molecular weight is 311 g/mol. The van der Waals surface area contributed by atoms with Crippen molar-refractivity contribution in [1.29, 1.82) is 0 Å². The third kappa shape index (κ3) is 5.37. The van der Waals surface area contributed by atoms with E-state index < -0.39 is 6.10 Å². The Morgan fingerprint density at radius 1 is 1.38 bits per heavy atom. The third-order valence-electron chi connectivity index (χ3n) is 4.38. The second kappa shape index (κ2) is 8.28. The lowest BCUT2D eigenvalue weighted by Crippen LogP contribution is -2.35. The van der Waals surface area contributed by atoms with Gasteiger partial charge in [0, 0.05) is 22.3 Å². The molecule has 120 valence electrons. The molecule has 2 N–H and O–H groups in total. The van der Waals surface area contributed by atoms with Gasteiger partial charge in [0.1, 0.15) is 0 Å². The number of aliphatic hydroxyl groups is 1. The zero-order valence-corrected chi connectivity index (χ0v) is 14.3. The molecule has 1 aromatic heterocycles. The number of aliphatic hydroxyl groups excluding tert-OH is 1. The lowest BCUT2D eigenvalue weighted by molar-refractivity contribution is -0.0455. The van der Waals surface area contributed by atoms with Crippen molar-refractivity contribution < 1.29 is 9.84 Å². The number of nitrogens with one attached hydrogen (secondary N) is 1. The van der Waals surface area contributed by atoms with Crippen molar-refractivity contribution in [3.05, 3.63) is 21.9 Å². The molecule has 0 aromatic carbocycles. The topological polar surface area (TPSA) is 41.5 Å². The Balaban J connectivity index is 1.66. The fourth-order valence-corrected chi connectivity index (χ4v) is 3.83. The number of aryl methyl sites for hydroxylation is 1. The summed E-state index contributed by atoms with van der Waals surface area (Å²) in [5, 5.41) is 13.5. The molecular weight excluding hydrogens is 282 g/mol. The fourth-order valence-electron chi connectivity index (χ4n) is 2.92. The second-order valence-corrected chi connectivity index (χ2v) is 7.69. The molecule has 0 spiro atoms. The maximum atomic E-state index is 10.1. The van der Waals surface area contributed by atoms with Gasteiger partial charge in [-0.2, -0.15) is 0 Å². The zero-order chi connectivity index (χ0) is 15.2. The molecule has 4 heteroatoms. The van der Waals surface area contributed by atoms with E-state index in [1.165, 1.54) is 29.0 Å². The van der Waals surface area contributed by atoms with Crippen molar-refractivity contribution in [2.45, 2.75) is 64.7 Å². The fraction of sp³-hybridized carbons (Fsp3) is 0.765. The van der Waals surface area contributed by atoms with Crippen LogP contribution in [0.4, 0.5) is 0 Å². The molecule has 0 amide bonds. The first-order valence-corrected chi connectivity index (χ1v) is 8.97. The molecule has 0 saturated heterocycles. The van der Waals surface area contributed by atoms with E-state index in [1.807, 2.05) is 11.3 Å². The van der Waals surface area contributed by atoms with Gasteiger partial charge in [0.25, 0.3) is 0 Å². The van der Waals surface area contributed by atoms with Gasteiger partial charge in [-0.3, -0.25) is 0 Å². The van der Waals surface area contributed by atoms with E-state index in [1.54, 1.807) is 0 Å². The van der Waals surface area contributed by atoms with Crippen molar-refractivity contribution in [2.24, 2.45) is 5.92 Å². The van der Waals surface area contributed by atoms with Crippen LogP contribution in [-0.2, 0) is 4.74 Å². The minimum Gasteiger partial charge on any atom is -0.389 e. The number of hydrogen-bond acceptors (Lipinski definition) is 4. The van der Waals surface area contributed by atoms with Gasteiger partial charge in [-0.25, -0.2) is 0 Å². The van der Waals surface area contributed by atoms with Gasteiger partial charge >= 0.3 is 0 Å². The highest BCUT2D eigenvalue weighted by atomic mass is 32.1. The Morgan fingerprint density at radius 3 is 2.81 bits per heavy atom. The third-order valence-corrected chi connectivity index (χ3v) is 5.57. The Morgan fingerprint density at radius 2 is 2.14 bits per heavy atom. The second-order valence-electron chi connectivity index (χ2n) is 6.37. The molecule has 1 heterocycles. The first kappa shape index (κ1) is 16.9. The molecule has 0 radical (unpaired) electrons. The smallest absolute Gasteiger partial charge is 0.0898 e. The Hall–Kier alpha value is -0.420. The highest BCUT2D eigenvalue weighted by Crippen LogP contribution is 2.26. The van der Waals surface area contributed by atoms with Crippen LogP contribution in [0.2, 0.25) is 0 Å². The van der Waals surface area contributed by atoms with Crippen LogP contribution in [0, 0.1) is 12.8 Å². The number of hydrogen-bond donors (Lipinski definition) is 2. The summed E-state index contributed by atoms with van der Waals surface area (Å²) >= 11 is 1.81. The lowest BCUT2D eigenvalue weighted by atomic mass is 9.88. The van der Waals surface area contributed by atoms with Crippen molar-refractivity contribution in [1.82, 2.24) is 5.32 Å². The summed E-state index contributed by atoms with van der Waals surface area (Å²) in [6.07, 6.45) is 4.90. The van der Waals surface area contributed by atoms with Crippen LogP contribution in [0.5, 0.6) is 0 Å². The van der Waals surface area contributed by atoms with Gasteiger partial charge in [-0.15, -0.1) is 11.3 Å². The van der Waals surface area contributed by atoms with Crippen LogP contribution in [0.3, 0.4) is 0 Å². The average Bonchev–Trinajstić information content (AvgIpc) is 2.90. The standard InChI is InChI=1S/C17H29NO2S/c1-12-6-4-5-7-16(12)20-11-15(19)10-18-14(3)17-9-8-13(2)21-17/h8-9,12,14-16,18-19H,4-7,10-11H2,1-3H3. The molecule has 1 aromatic rings. The summed E-state index contributed by atoms with van der Waals surface area (Å²) in [5.74, 6) is 0.631. The summed E-state index contributed by atoms with van der Waals surface area (Å²) in [6, 6.07) is 4.58. The van der Waals surface area contributed by atoms with Crippen molar-refractivity contribution >= 4 is 11.3 Å². The van der Waals surface area contributed by atoms with E-state index >= 15 is 0 Å². The number of ether oxygens (including phenoxy) is 1.